The van der Waals surface area contributed by atoms with Gasteiger partial charge in [0.2, 0.25) is 0 Å². The Morgan fingerprint density at radius 1 is 1.15 bits per heavy atom. The molecule has 0 unspecified atom stereocenters. The average molecular weight is 279 g/mol. The van der Waals surface area contributed by atoms with Gasteiger partial charge in [-0.05, 0) is 43.5 Å². The maximum Gasteiger partial charge on any atom is 0.261 e. The normalized spacial score (nSPS) is 13.7. The summed E-state index contributed by atoms with van der Waals surface area (Å²) in [6, 6.07) is 7.38. The maximum absolute atomic E-state index is 12.2. The highest BCUT2D eigenvalue weighted by molar-refractivity contribution is 5.81. The first-order valence-electron chi connectivity index (χ1n) is 7.09. The fourth-order valence-corrected chi connectivity index (χ4v) is 1.62. The number of hydrogen-bond acceptors (Lipinski definition) is 3. The molecule has 1 amide bonds. The Morgan fingerprint density at radius 2 is 1.70 bits per heavy atom. The van der Waals surface area contributed by atoms with Gasteiger partial charge in [-0.15, -0.1) is 0 Å². The van der Waals surface area contributed by atoms with Crippen molar-refractivity contribution < 1.29 is 14.3 Å². The molecule has 0 heterocycles. The molecule has 1 rings (SSSR count). The topological polar surface area (TPSA) is 47.6 Å². The lowest BCUT2D eigenvalue weighted by Crippen LogP contribution is -2.44. The van der Waals surface area contributed by atoms with Crippen molar-refractivity contribution in [3.8, 4) is 11.5 Å². The molecule has 1 aromatic carbocycles. The van der Waals surface area contributed by atoms with Crippen molar-refractivity contribution >= 4 is 5.91 Å². The zero-order chi connectivity index (χ0) is 15.1. The van der Waals surface area contributed by atoms with Crippen LogP contribution in [0.2, 0.25) is 0 Å². The van der Waals surface area contributed by atoms with Gasteiger partial charge >= 0.3 is 0 Å². The van der Waals surface area contributed by atoms with Crippen molar-refractivity contribution in [2.24, 2.45) is 5.92 Å². The number of methoxy groups -OCH3 is 1. The number of hydrogen-bond donors (Lipinski definition) is 1. The maximum atomic E-state index is 12.2. The number of nitrogens with one attached hydrogen (secondary N) is 1. The van der Waals surface area contributed by atoms with Gasteiger partial charge in [0.15, 0.2) is 6.10 Å². The van der Waals surface area contributed by atoms with Gasteiger partial charge in [0.05, 0.1) is 7.11 Å². The number of rotatable bonds is 7. The van der Waals surface area contributed by atoms with Crippen LogP contribution >= 0.6 is 0 Å². The summed E-state index contributed by atoms with van der Waals surface area (Å²) in [6.45, 7) is 8.10. The predicted octanol–water partition coefficient (Wildman–Crippen LogP) is 3.01. The lowest BCUT2D eigenvalue weighted by atomic mass is 10.1. The standard InChI is InChI=1S/C16H25NO3/c1-6-15(16(18)17-12(4)11(2)3)20-14-9-7-13(19-5)8-10-14/h7-12,15H,6H2,1-5H3,(H,17,18)/t12-,15+/m1/s1. The lowest BCUT2D eigenvalue weighted by molar-refractivity contribution is -0.129. The molecular formula is C16H25NO3. The average Bonchev–Trinajstić information content (AvgIpc) is 2.44. The van der Waals surface area contributed by atoms with Crippen LogP contribution in [0.15, 0.2) is 24.3 Å². The molecule has 112 valence electrons. The SMILES string of the molecule is CC[C@H](Oc1ccc(OC)cc1)C(=O)N[C@H](C)C(C)C. The van der Waals surface area contributed by atoms with Crippen LogP contribution in [0.4, 0.5) is 0 Å². The summed E-state index contributed by atoms with van der Waals surface area (Å²) in [4.78, 5) is 12.2. The molecule has 0 aliphatic rings. The molecule has 0 aromatic heterocycles. The molecular weight excluding hydrogens is 254 g/mol. The second-order valence-electron chi connectivity index (χ2n) is 5.23. The zero-order valence-electron chi connectivity index (χ0n) is 13.0. The van der Waals surface area contributed by atoms with Crippen LogP contribution in [0.1, 0.15) is 34.1 Å². The zero-order valence-corrected chi connectivity index (χ0v) is 13.0. The first kappa shape index (κ1) is 16.3. The summed E-state index contributed by atoms with van der Waals surface area (Å²) in [5.74, 6) is 1.77. The molecule has 4 nitrogen and oxygen atoms in total. The van der Waals surface area contributed by atoms with Crippen LogP contribution < -0.4 is 14.8 Å². The summed E-state index contributed by atoms with van der Waals surface area (Å²) in [7, 11) is 1.62. The summed E-state index contributed by atoms with van der Waals surface area (Å²) in [5.41, 5.74) is 0. The number of carbonyl (C=O) groups excluding carboxylic acids is 1. The summed E-state index contributed by atoms with van der Waals surface area (Å²) < 4.78 is 10.8. The van der Waals surface area contributed by atoms with Crippen molar-refractivity contribution in [3.63, 3.8) is 0 Å². The Hall–Kier alpha value is -1.71. The highest BCUT2D eigenvalue weighted by Gasteiger charge is 2.21. The van der Waals surface area contributed by atoms with Crippen LogP contribution in [-0.4, -0.2) is 25.2 Å². The van der Waals surface area contributed by atoms with E-state index in [-0.39, 0.29) is 11.9 Å². The minimum Gasteiger partial charge on any atom is -0.497 e. The Kier molecular flexibility index (Phi) is 6.36. The second-order valence-corrected chi connectivity index (χ2v) is 5.23. The molecule has 1 aromatic rings. The minimum absolute atomic E-state index is 0.0653. The van der Waals surface area contributed by atoms with Gasteiger partial charge in [0, 0.05) is 6.04 Å². The third-order valence-corrected chi connectivity index (χ3v) is 3.37. The van der Waals surface area contributed by atoms with Crippen LogP contribution in [0.25, 0.3) is 0 Å². The molecule has 0 bridgehead atoms. The molecule has 20 heavy (non-hydrogen) atoms. The van der Waals surface area contributed by atoms with Crippen LogP contribution in [0.5, 0.6) is 11.5 Å². The van der Waals surface area contributed by atoms with Gasteiger partial charge in [-0.3, -0.25) is 4.79 Å². The third-order valence-electron chi connectivity index (χ3n) is 3.37. The van der Waals surface area contributed by atoms with Crippen molar-refractivity contribution in [2.75, 3.05) is 7.11 Å². The van der Waals surface area contributed by atoms with Crippen molar-refractivity contribution in [1.29, 1.82) is 0 Å². The number of amides is 1. The molecule has 1 N–H and O–H groups in total. The van der Waals surface area contributed by atoms with E-state index in [1.807, 2.05) is 26.0 Å². The Balaban J connectivity index is 2.63. The van der Waals surface area contributed by atoms with Crippen molar-refractivity contribution in [3.05, 3.63) is 24.3 Å². The van der Waals surface area contributed by atoms with Gasteiger partial charge in [0.25, 0.3) is 5.91 Å². The molecule has 0 aliphatic heterocycles. The van der Waals surface area contributed by atoms with Crippen molar-refractivity contribution in [2.45, 2.75) is 46.3 Å². The molecule has 0 spiro atoms. The second kappa shape index (κ2) is 7.78. The highest BCUT2D eigenvalue weighted by atomic mass is 16.5. The quantitative estimate of drug-likeness (QED) is 0.834. The minimum atomic E-state index is -0.468. The van der Waals surface area contributed by atoms with Gasteiger partial charge in [-0.25, -0.2) is 0 Å². The third kappa shape index (κ3) is 4.76. The van der Waals surface area contributed by atoms with E-state index in [0.717, 1.165) is 5.75 Å². The monoisotopic (exact) mass is 279 g/mol. The smallest absolute Gasteiger partial charge is 0.261 e. The molecule has 4 heteroatoms. The number of benzene rings is 1. The van der Waals surface area contributed by atoms with Crippen LogP contribution in [0, 0.1) is 5.92 Å². The fraction of sp³-hybridized carbons (Fsp3) is 0.562. The molecule has 0 radical (unpaired) electrons. The van der Waals surface area contributed by atoms with Crippen LogP contribution in [-0.2, 0) is 4.79 Å². The van der Waals surface area contributed by atoms with Gasteiger partial charge in [-0.1, -0.05) is 20.8 Å². The van der Waals surface area contributed by atoms with E-state index in [2.05, 4.69) is 19.2 Å². The Morgan fingerprint density at radius 3 is 2.15 bits per heavy atom. The van der Waals surface area contributed by atoms with E-state index >= 15 is 0 Å². The lowest BCUT2D eigenvalue weighted by Gasteiger charge is -2.22. The molecule has 0 saturated carbocycles. The van der Waals surface area contributed by atoms with E-state index in [1.165, 1.54) is 0 Å². The summed E-state index contributed by atoms with van der Waals surface area (Å²) in [5, 5.41) is 2.98. The molecule has 0 fully saturated rings. The van der Waals surface area contributed by atoms with E-state index in [0.29, 0.717) is 18.1 Å². The summed E-state index contributed by atoms with van der Waals surface area (Å²) in [6.07, 6.45) is 0.160. The fourth-order valence-electron chi connectivity index (χ4n) is 1.62. The highest BCUT2D eigenvalue weighted by Crippen LogP contribution is 2.19. The first-order valence-corrected chi connectivity index (χ1v) is 7.09. The largest absolute Gasteiger partial charge is 0.497 e. The van der Waals surface area contributed by atoms with Gasteiger partial charge < -0.3 is 14.8 Å². The Labute approximate surface area is 121 Å². The van der Waals surface area contributed by atoms with Gasteiger partial charge in [0.1, 0.15) is 11.5 Å². The molecule has 2 atom stereocenters. The molecule has 0 saturated heterocycles. The number of ether oxygens (including phenoxy) is 2. The summed E-state index contributed by atoms with van der Waals surface area (Å²) >= 11 is 0. The van der Waals surface area contributed by atoms with E-state index in [1.54, 1.807) is 19.2 Å². The van der Waals surface area contributed by atoms with E-state index < -0.39 is 6.10 Å². The van der Waals surface area contributed by atoms with Gasteiger partial charge in [-0.2, -0.15) is 0 Å². The first-order chi connectivity index (χ1) is 9.47. The van der Waals surface area contributed by atoms with E-state index in [9.17, 15) is 4.79 Å². The predicted molar refractivity (Wildman–Crippen MR) is 80.1 cm³/mol. The molecule has 0 aliphatic carbocycles. The number of carbonyl (C=O) groups is 1. The van der Waals surface area contributed by atoms with Crippen molar-refractivity contribution in [1.82, 2.24) is 5.32 Å². The van der Waals surface area contributed by atoms with Crippen LogP contribution in [0.3, 0.4) is 0 Å². The Bertz CT molecular complexity index is 414. The van der Waals surface area contributed by atoms with E-state index in [4.69, 9.17) is 9.47 Å².